The first-order valence-electron chi connectivity index (χ1n) is 5.78. The summed E-state index contributed by atoms with van der Waals surface area (Å²) in [5.74, 6) is 0.299. The Labute approximate surface area is 117 Å². The molecule has 2 N–H and O–H groups in total. The minimum atomic E-state index is -3.17. The van der Waals surface area contributed by atoms with Crippen molar-refractivity contribution in [2.24, 2.45) is 0 Å². The van der Waals surface area contributed by atoms with E-state index >= 15 is 0 Å². The van der Waals surface area contributed by atoms with Crippen LogP contribution in [0.25, 0.3) is 0 Å². The van der Waals surface area contributed by atoms with E-state index in [4.69, 9.17) is 11.6 Å². The van der Waals surface area contributed by atoms with Crippen molar-refractivity contribution in [1.29, 1.82) is 0 Å². The molecule has 1 aromatic rings. The van der Waals surface area contributed by atoms with Gasteiger partial charge in [-0.05, 0) is 6.42 Å². The van der Waals surface area contributed by atoms with E-state index in [1.54, 1.807) is 6.92 Å². The first-order chi connectivity index (χ1) is 8.86. The zero-order valence-corrected chi connectivity index (χ0v) is 12.4. The van der Waals surface area contributed by atoms with E-state index in [0.717, 1.165) is 0 Å². The Bertz CT molecular complexity index is 572. The molecule has 0 bridgehead atoms. The van der Waals surface area contributed by atoms with Crippen LogP contribution in [0.15, 0.2) is 11.1 Å². The number of aromatic nitrogens is 2. The molecule has 0 saturated carbocycles. The van der Waals surface area contributed by atoms with Gasteiger partial charge in [-0.1, -0.05) is 18.5 Å². The van der Waals surface area contributed by atoms with Crippen LogP contribution >= 0.6 is 11.6 Å². The summed E-state index contributed by atoms with van der Waals surface area (Å²) in [5.41, 5.74) is -0.412. The number of hydrogen-bond acceptors (Lipinski definition) is 5. The molecule has 0 aromatic carbocycles. The van der Waals surface area contributed by atoms with E-state index in [1.807, 2.05) is 0 Å². The molecule has 1 aromatic heterocycles. The van der Waals surface area contributed by atoms with Crippen molar-refractivity contribution in [1.82, 2.24) is 14.3 Å². The first kappa shape index (κ1) is 15.9. The summed E-state index contributed by atoms with van der Waals surface area (Å²) in [4.78, 5) is 17.4. The maximum absolute atomic E-state index is 11.4. The van der Waals surface area contributed by atoms with Gasteiger partial charge < -0.3 is 10.3 Å². The van der Waals surface area contributed by atoms with E-state index in [2.05, 4.69) is 15.3 Å². The van der Waals surface area contributed by atoms with Crippen molar-refractivity contribution >= 4 is 27.4 Å². The quantitative estimate of drug-likeness (QED) is 0.716. The molecule has 0 amide bonds. The fourth-order valence-corrected chi connectivity index (χ4v) is 2.63. The second-order valence-corrected chi connectivity index (χ2v) is 6.29. The predicted molar refractivity (Wildman–Crippen MR) is 75.1 cm³/mol. The summed E-state index contributed by atoms with van der Waals surface area (Å²) in [7, 11) is -3.17. The van der Waals surface area contributed by atoms with Gasteiger partial charge in [0.1, 0.15) is 5.02 Å². The van der Waals surface area contributed by atoms with Crippen LogP contribution in [0.4, 0.5) is 5.82 Å². The number of nitrogens with zero attached hydrogens (tertiary/aromatic N) is 2. The van der Waals surface area contributed by atoms with Crippen molar-refractivity contribution in [3.63, 3.8) is 0 Å². The molecule has 108 valence electrons. The highest BCUT2D eigenvalue weighted by Gasteiger charge is 2.13. The zero-order valence-electron chi connectivity index (χ0n) is 10.8. The van der Waals surface area contributed by atoms with E-state index in [-0.39, 0.29) is 5.02 Å². The van der Waals surface area contributed by atoms with Crippen molar-refractivity contribution < 1.29 is 8.42 Å². The predicted octanol–water partition coefficient (Wildman–Crippen LogP) is 0.507. The Kier molecular flexibility index (Phi) is 5.77. The molecule has 0 saturated heterocycles. The number of sulfonamides is 1. The lowest BCUT2D eigenvalue weighted by Crippen LogP contribution is -2.31. The lowest BCUT2D eigenvalue weighted by Gasteiger charge is -2.17. The highest BCUT2D eigenvalue weighted by molar-refractivity contribution is 7.88. The average Bonchev–Trinajstić information content (AvgIpc) is 2.32. The number of aromatic amines is 1. The monoisotopic (exact) mass is 308 g/mol. The van der Waals surface area contributed by atoms with Crippen LogP contribution in [0, 0.1) is 0 Å². The standard InChI is InChI=1S/C10H17ClN4O3S/c1-3-15(19(2,17)18)6-4-5-12-9-8(11)10(16)14-7-13-9/h7H,3-6H2,1-2H3,(H2,12,13,14,16). The highest BCUT2D eigenvalue weighted by Crippen LogP contribution is 2.11. The van der Waals surface area contributed by atoms with Crippen LogP contribution in [0.5, 0.6) is 0 Å². The van der Waals surface area contributed by atoms with Crippen molar-refractivity contribution in [2.75, 3.05) is 31.2 Å². The largest absolute Gasteiger partial charge is 0.369 e. The van der Waals surface area contributed by atoms with Crippen molar-refractivity contribution in [2.45, 2.75) is 13.3 Å². The third-order valence-corrected chi connectivity index (χ3v) is 4.22. The summed E-state index contributed by atoms with van der Waals surface area (Å²) in [5, 5.41) is 2.90. The number of nitrogens with one attached hydrogen (secondary N) is 2. The Morgan fingerprint density at radius 1 is 1.53 bits per heavy atom. The highest BCUT2D eigenvalue weighted by atomic mass is 35.5. The van der Waals surface area contributed by atoms with Gasteiger partial charge in [0.15, 0.2) is 5.82 Å². The third-order valence-electron chi connectivity index (χ3n) is 2.50. The fourth-order valence-electron chi connectivity index (χ4n) is 1.53. The van der Waals surface area contributed by atoms with Gasteiger partial charge in [-0.3, -0.25) is 4.79 Å². The smallest absolute Gasteiger partial charge is 0.271 e. The molecule has 0 radical (unpaired) electrons. The first-order valence-corrected chi connectivity index (χ1v) is 8.01. The molecule has 0 aliphatic carbocycles. The van der Waals surface area contributed by atoms with Gasteiger partial charge in [-0.2, -0.15) is 0 Å². The summed E-state index contributed by atoms with van der Waals surface area (Å²) >= 11 is 5.76. The molecule has 0 aliphatic heterocycles. The number of H-pyrrole nitrogens is 1. The van der Waals surface area contributed by atoms with Gasteiger partial charge in [0, 0.05) is 19.6 Å². The van der Waals surface area contributed by atoms with Crippen molar-refractivity contribution in [3.05, 3.63) is 21.7 Å². The normalized spacial score (nSPS) is 11.8. The van der Waals surface area contributed by atoms with E-state index in [9.17, 15) is 13.2 Å². The van der Waals surface area contributed by atoms with Gasteiger partial charge >= 0.3 is 0 Å². The molecule has 0 unspecified atom stereocenters. The maximum atomic E-state index is 11.4. The molecule has 1 rings (SSSR count). The molecular weight excluding hydrogens is 292 g/mol. The SMILES string of the molecule is CCN(CCCNc1nc[nH]c(=O)c1Cl)S(C)(=O)=O. The molecule has 0 aliphatic rings. The van der Waals surface area contributed by atoms with Gasteiger partial charge in [0.2, 0.25) is 10.0 Å². The minimum Gasteiger partial charge on any atom is -0.369 e. The molecule has 7 nitrogen and oxygen atoms in total. The Morgan fingerprint density at radius 3 is 2.79 bits per heavy atom. The van der Waals surface area contributed by atoms with Crippen LogP contribution in [-0.4, -0.2) is 48.6 Å². The van der Waals surface area contributed by atoms with Crippen LogP contribution in [0.3, 0.4) is 0 Å². The molecule has 9 heteroatoms. The summed E-state index contributed by atoms with van der Waals surface area (Å²) in [6, 6.07) is 0. The number of halogens is 1. The molecular formula is C10H17ClN4O3S. The molecule has 0 spiro atoms. The minimum absolute atomic E-state index is 0.00189. The third kappa shape index (κ3) is 4.81. The summed E-state index contributed by atoms with van der Waals surface area (Å²) < 4.78 is 24.1. The number of anilines is 1. The fraction of sp³-hybridized carbons (Fsp3) is 0.600. The maximum Gasteiger partial charge on any atom is 0.271 e. The summed E-state index contributed by atoms with van der Waals surface area (Å²) in [6.45, 7) is 3.10. The average molecular weight is 309 g/mol. The molecule has 1 heterocycles. The van der Waals surface area contributed by atoms with Crippen molar-refractivity contribution in [3.8, 4) is 0 Å². The van der Waals surface area contributed by atoms with Crippen LogP contribution in [0.1, 0.15) is 13.3 Å². The Hall–Kier alpha value is -1.12. The van der Waals surface area contributed by atoms with Gasteiger partial charge in [-0.15, -0.1) is 0 Å². The van der Waals surface area contributed by atoms with E-state index < -0.39 is 15.6 Å². The number of hydrogen-bond donors (Lipinski definition) is 2. The zero-order chi connectivity index (χ0) is 14.5. The van der Waals surface area contributed by atoms with Gasteiger partial charge in [0.05, 0.1) is 12.6 Å². The topological polar surface area (TPSA) is 95.2 Å². The second-order valence-electron chi connectivity index (χ2n) is 3.93. The molecule has 0 fully saturated rings. The lowest BCUT2D eigenvalue weighted by molar-refractivity contribution is 0.428. The number of rotatable bonds is 7. The lowest BCUT2D eigenvalue weighted by atomic mass is 10.4. The van der Waals surface area contributed by atoms with Gasteiger partial charge in [0.25, 0.3) is 5.56 Å². The van der Waals surface area contributed by atoms with Crippen LogP contribution < -0.4 is 10.9 Å². The van der Waals surface area contributed by atoms with Crippen LogP contribution in [-0.2, 0) is 10.0 Å². The summed E-state index contributed by atoms with van der Waals surface area (Å²) in [6.07, 6.45) is 3.02. The van der Waals surface area contributed by atoms with E-state index in [1.165, 1.54) is 16.9 Å². The Morgan fingerprint density at radius 2 is 2.21 bits per heavy atom. The second kappa shape index (κ2) is 6.88. The Balaban J connectivity index is 2.47. The van der Waals surface area contributed by atoms with Crippen LogP contribution in [0.2, 0.25) is 5.02 Å². The van der Waals surface area contributed by atoms with Gasteiger partial charge in [-0.25, -0.2) is 17.7 Å². The molecule has 19 heavy (non-hydrogen) atoms. The molecule has 0 atom stereocenters. The van der Waals surface area contributed by atoms with E-state index in [0.29, 0.717) is 31.9 Å².